The first-order valence-corrected chi connectivity index (χ1v) is 13.3. The predicted molar refractivity (Wildman–Crippen MR) is 145 cm³/mol. The molecule has 0 aliphatic heterocycles. The van der Waals surface area contributed by atoms with Gasteiger partial charge in [-0.25, -0.2) is 19.2 Å². The van der Waals surface area contributed by atoms with E-state index < -0.39 is 24.1 Å². The molecule has 0 saturated carbocycles. The number of nitrogens with one attached hydrogen (secondary N) is 1. The topological polar surface area (TPSA) is 92.2 Å². The molecule has 2 N–H and O–H groups in total. The number of amides is 1. The summed E-state index contributed by atoms with van der Waals surface area (Å²) in [6.07, 6.45) is 1.57. The molecule has 5 rings (SSSR count). The van der Waals surface area contributed by atoms with Crippen molar-refractivity contribution in [1.29, 1.82) is 0 Å². The lowest BCUT2D eigenvalue weighted by Gasteiger charge is -2.26. The summed E-state index contributed by atoms with van der Waals surface area (Å²) in [6, 6.07) is 15.9. The SMILES string of the molecule is O=C(NC1CCCc2cc(Cl)ccc21)c1ccc2nc(-c3ccc(F)cc3)c(CCCC(F)(F)C(=O)O)nc2c1. The molecule has 0 radical (unpaired) electrons. The minimum Gasteiger partial charge on any atom is -0.477 e. The Kier molecular flexibility index (Phi) is 7.76. The maximum atomic E-state index is 13.7. The van der Waals surface area contributed by atoms with Crippen molar-refractivity contribution in [2.24, 2.45) is 0 Å². The van der Waals surface area contributed by atoms with Gasteiger partial charge in [0, 0.05) is 22.6 Å². The fourth-order valence-corrected chi connectivity index (χ4v) is 5.20. The van der Waals surface area contributed by atoms with Gasteiger partial charge in [0.1, 0.15) is 5.82 Å². The number of aliphatic carboxylic acids is 1. The number of carboxylic acids is 1. The second-order valence-electron chi connectivity index (χ2n) is 9.85. The Labute approximate surface area is 233 Å². The Balaban J connectivity index is 1.44. The summed E-state index contributed by atoms with van der Waals surface area (Å²) in [6.45, 7) is 0. The molecule has 0 fully saturated rings. The predicted octanol–water partition coefficient (Wildman–Crippen LogP) is 6.94. The fourth-order valence-electron chi connectivity index (χ4n) is 5.00. The van der Waals surface area contributed by atoms with E-state index in [1.165, 1.54) is 24.3 Å². The van der Waals surface area contributed by atoms with Crippen LogP contribution in [0.4, 0.5) is 13.2 Å². The molecule has 1 amide bonds. The molecule has 0 saturated heterocycles. The van der Waals surface area contributed by atoms with E-state index in [2.05, 4.69) is 15.3 Å². The van der Waals surface area contributed by atoms with Gasteiger partial charge in [-0.2, -0.15) is 8.78 Å². The van der Waals surface area contributed by atoms with Crippen LogP contribution >= 0.6 is 11.6 Å². The highest BCUT2D eigenvalue weighted by atomic mass is 35.5. The van der Waals surface area contributed by atoms with E-state index in [1.54, 1.807) is 18.2 Å². The van der Waals surface area contributed by atoms with Crippen LogP contribution in [-0.2, 0) is 17.6 Å². The first kappa shape index (κ1) is 27.6. The molecular weight excluding hydrogens is 543 g/mol. The third kappa shape index (κ3) is 5.94. The van der Waals surface area contributed by atoms with Crippen LogP contribution in [0.3, 0.4) is 0 Å². The van der Waals surface area contributed by atoms with Gasteiger partial charge in [-0.3, -0.25) is 4.79 Å². The maximum Gasteiger partial charge on any atom is 0.374 e. The average molecular weight is 568 g/mol. The van der Waals surface area contributed by atoms with Gasteiger partial charge in [-0.05, 0) is 97.8 Å². The molecular formula is C30H25ClF3N3O3. The van der Waals surface area contributed by atoms with Crippen molar-refractivity contribution in [3.8, 4) is 11.3 Å². The number of carbonyl (C=O) groups is 2. The van der Waals surface area contributed by atoms with Crippen molar-refractivity contribution in [3.63, 3.8) is 0 Å². The Morgan fingerprint density at radius 1 is 1.02 bits per heavy atom. The lowest BCUT2D eigenvalue weighted by molar-refractivity contribution is -0.165. The number of carboxylic acid groups (broad SMARTS) is 1. The number of alkyl halides is 2. The maximum absolute atomic E-state index is 13.7. The van der Waals surface area contributed by atoms with Gasteiger partial charge in [0.05, 0.1) is 28.5 Å². The summed E-state index contributed by atoms with van der Waals surface area (Å²) in [5.74, 6) is -6.79. The molecule has 10 heteroatoms. The highest BCUT2D eigenvalue weighted by Crippen LogP contribution is 2.32. The van der Waals surface area contributed by atoms with E-state index in [0.717, 1.165) is 30.4 Å². The number of halogens is 4. The Hall–Kier alpha value is -3.98. The fraction of sp³-hybridized carbons (Fsp3) is 0.267. The van der Waals surface area contributed by atoms with Crippen molar-refractivity contribution in [2.45, 2.75) is 50.5 Å². The van der Waals surface area contributed by atoms with Gasteiger partial charge in [0.15, 0.2) is 0 Å². The Morgan fingerprint density at radius 2 is 1.80 bits per heavy atom. The van der Waals surface area contributed by atoms with E-state index in [9.17, 15) is 22.8 Å². The molecule has 1 aromatic heterocycles. The molecule has 1 aliphatic rings. The molecule has 1 atom stereocenters. The monoisotopic (exact) mass is 567 g/mol. The highest BCUT2D eigenvalue weighted by molar-refractivity contribution is 6.30. The first-order chi connectivity index (χ1) is 19.1. The normalized spacial score (nSPS) is 15.1. The molecule has 1 heterocycles. The van der Waals surface area contributed by atoms with Crippen LogP contribution in [0.25, 0.3) is 22.3 Å². The highest BCUT2D eigenvalue weighted by Gasteiger charge is 2.38. The molecule has 3 aromatic carbocycles. The zero-order chi connectivity index (χ0) is 28.4. The van der Waals surface area contributed by atoms with Gasteiger partial charge < -0.3 is 10.4 Å². The zero-order valence-electron chi connectivity index (χ0n) is 21.3. The lowest BCUT2D eigenvalue weighted by Crippen LogP contribution is -2.31. The standard InChI is InChI=1S/C30H25ClF3N3O3/c31-20-9-12-22-18(15-20)3-1-4-23(22)37-28(38)19-8-13-24-26(16-19)35-25(5-2-14-30(33,34)29(39)40)27(36-24)17-6-10-21(32)11-7-17/h6-13,15-16,23H,1-5,14H2,(H,37,38)(H,39,40). The first-order valence-electron chi connectivity index (χ1n) is 12.9. The van der Waals surface area contributed by atoms with Crippen LogP contribution in [0.2, 0.25) is 5.02 Å². The number of hydrogen-bond acceptors (Lipinski definition) is 4. The van der Waals surface area contributed by atoms with E-state index in [-0.39, 0.29) is 24.8 Å². The minimum absolute atomic E-state index is 0.0103. The van der Waals surface area contributed by atoms with Crippen LogP contribution in [-0.4, -0.2) is 32.9 Å². The number of aryl methyl sites for hydroxylation is 2. The quantitative estimate of drug-likeness (QED) is 0.241. The molecule has 40 heavy (non-hydrogen) atoms. The summed E-state index contributed by atoms with van der Waals surface area (Å²) >= 11 is 6.14. The van der Waals surface area contributed by atoms with Gasteiger partial charge in [0.25, 0.3) is 5.91 Å². The van der Waals surface area contributed by atoms with Crippen molar-refractivity contribution in [1.82, 2.24) is 15.3 Å². The van der Waals surface area contributed by atoms with Gasteiger partial charge in [-0.15, -0.1) is 0 Å². The summed E-state index contributed by atoms with van der Waals surface area (Å²) in [5.41, 5.74) is 4.61. The lowest BCUT2D eigenvalue weighted by atomic mass is 9.87. The largest absolute Gasteiger partial charge is 0.477 e. The van der Waals surface area contributed by atoms with Crippen molar-refractivity contribution in [3.05, 3.63) is 93.9 Å². The number of aromatic nitrogens is 2. The minimum atomic E-state index is -3.87. The number of carbonyl (C=O) groups excluding carboxylic acids is 1. The van der Waals surface area contributed by atoms with E-state index >= 15 is 0 Å². The summed E-state index contributed by atoms with van der Waals surface area (Å²) in [4.78, 5) is 33.3. The number of rotatable bonds is 8. The summed E-state index contributed by atoms with van der Waals surface area (Å²) in [5, 5.41) is 12.5. The molecule has 6 nitrogen and oxygen atoms in total. The van der Waals surface area contributed by atoms with Crippen LogP contribution < -0.4 is 5.32 Å². The van der Waals surface area contributed by atoms with Crippen LogP contribution in [0.5, 0.6) is 0 Å². The van der Waals surface area contributed by atoms with Crippen molar-refractivity contribution < 1.29 is 27.9 Å². The second-order valence-corrected chi connectivity index (χ2v) is 10.3. The van der Waals surface area contributed by atoms with Crippen molar-refractivity contribution in [2.75, 3.05) is 0 Å². The molecule has 0 spiro atoms. The summed E-state index contributed by atoms with van der Waals surface area (Å²) < 4.78 is 40.9. The van der Waals surface area contributed by atoms with Gasteiger partial charge in [-0.1, -0.05) is 17.7 Å². The summed E-state index contributed by atoms with van der Waals surface area (Å²) in [7, 11) is 0. The Bertz CT molecular complexity index is 1590. The molecule has 4 aromatic rings. The number of hydrogen-bond donors (Lipinski definition) is 2. The Morgan fingerprint density at radius 3 is 2.55 bits per heavy atom. The third-order valence-corrected chi connectivity index (χ3v) is 7.29. The van der Waals surface area contributed by atoms with Crippen LogP contribution in [0.15, 0.2) is 60.7 Å². The third-order valence-electron chi connectivity index (χ3n) is 7.06. The van der Waals surface area contributed by atoms with E-state index in [4.69, 9.17) is 16.7 Å². The van der Waals surface area contributed by atoms with Gasteiger partial charge >= 0.3 is 11.9 Å². The van der Waals surface area contributed by atoms with Gasteiger partial charge in [0.2, 0.25) is 0 Å². The van der Waals surface area contributed by atoms with Crippen LogP contribution in [0, 0.1) is 5.82 Å². The second kappa shape index (κ2) is 11.3. The molecule has 1 aliphatic carbocycles. The number of benzene rings is 3. The van der Waals surface area contributed by atoms with E-state index in [1.807, 2.05) is 18.2 Å². The number of fused-ring (bicyclic) bond motifs is 2. The molecule has 1 unspecified atom stereocenters. The average Bonchev–Trinajstić information content (AvgIpc) is 2.92. The zero-order valence-corrected chi connectivity index (χ0v) is 22.0. The molecule has 206 valence electrons. The smallest absolute Gasteiger partial charge is 0.374 e. The van der Waals surface area contributed by atoms with Crippen molar-refractivity contribution >= 4 is 34.5 Å². The van der Waals surface area contributed by atoms with Crippen LogP contribution in [0.1, 0.15) is 58.9 Å². The number of nitrogens with zero attached hydrogens (tertiary/aromatic N) is 2. The molecule has 0 bridgehead atoms. The van der Waals surface area contributed by atoms with E-state index in [0.29, 0.717) is 38.6 Å².